The molecule has 1 aromatic carbocycles. The van der Waals surface area contributed by atoms with Gasteiger partial charge in [0.25, 0.3) is 0 Å². The van der Waals surface area contributed by atoms with Crippen molar-refractivity contribution in [1.82, 2.24) is 10.3 Å². The average Bonchev–Trinajstić information content (AvgIpc) is 2.83. The Kier molecular flexibility index (Phi) is 4.37. The summed E-state index contributed by atoms with van der Waals surface area (Å²) >= 11 is 3.93. The zero-order valence-electron chi connectivity index (χ0n) is 11.9. The molecule has 0 spiro atoms. The lowest BCUT2D eigenvalue weighted by Crippen LogP contribution is -2.29. The quantitative estimate of drug-likeness (QED) is 0.533. The smallest absolute Gasteiger partial charge is 0.180 e. The van der Waals surface area contributed by atoms with Gasteiger partial charge in [0.15, 0.2) is 5.13 Å². The van der Waals surface area contributed by atoms with Crippen LogP contribution in [0.15, 0.2) is 12.1 Å². The number of fused-ring (bicyclic) bond motifs is 1. The van der Waals surface area contributed by atoms with E-state index in [0.29, 0.717) is 11.2 Å². The Morgan fingerprint density at radius 1 is 1.43 bits per heavy atom. The molecule has 1 atom stereocenters. The highest BCUT2D eigenvalue weighted by atomic mass is 127. The standard InChI is InChI=1S/C15H19IN4S/c1-8-6-9(7-10(16)13(8)17)2-3-11-14-12(4-5-19-11)20-15(18)21-14/h6-7,11,19H,2-5,17H2,1H3,(H2,18,20). The zero-order chi connectivity index (χ0) is 15.0. The molecular weight excluding hydrogens is 395 g/mol. The third-order valence-electron chi connectivity index (χ3n) is 3.93. The summed E-state index contributed by atoms with van der Waals surface area (Å²) in [7, 11) is 0. The molecule has 0 amide bonds. The van der Waals surface area contributed by atoms with Crippen LogP contribution < -0.4 is 16.8 Å². The summed E-state index contributed by atoms with van der Waals surface area (Å²) in [5, 5.41) is 4.27. The van der Waals surface area contributed by atoms with Gasteiger partial charge in [-0.2, -0.15) is 0 Å². The van der Waals surface area contributed by atoms with E-state index in [2.05, 4.69) is 51.9 Å². The van der Waals surface area contributed by atoms with Crippen molar-refractivity contribution in [2.75, 3.05) is 18.0 Å². The number of aromatic nitrogens is 1. The summed E-state index contributed by atoms with van der Waals surface area (Å²) in [5.41, 5.74) is 16.5. The van der Waals surface area contributed by atoms with Crippen molar-refractivity contribution in [2.24, 2.45) is 0 Å². The van der Waals surface area contributed by atoms with Gasteiger partial charge in [-0.15, -0.1) is 11.3 Å². The molecule has 0 radical (unpaired) electrons. The Morgan fingerprint density at radius 2 is 2.24 bits per heavy atom. The van der Waals surface area contributed by atoms with E-state index in [1.54, 1.807) is 11.3 Å². The maximum absolute atomic E-state index is 6.02. The van der Waals surface area contributed by atoms with Gasteiger partial charge in [0, 0.05) is 33.1 Å². The van der Waals surface area contributed by atoms with E-state index in [0.717, 1.165) is 40.6 Å². The second-order valence-corrected chi connectivity index (χ2v) is 7.69. The fraction of sp³-hybridized carbons (Fsp3) is 0.400. The first-order chi connectivity index (χ1) is 10.0. The Labute approximate surface area is 142 Å². The molecule has 21 heavy (non-hydrogen) atoms. The number of halogens is 1. The number of hydrogen-bond donors (Lipinski definition) is 3. The van der Waals surface area contributed by atoms with Gasteiger partial charge in [-0.25, -0.2) is 4.98 Å². The molecule has 5 N–H and O–H groups in total. The highest BCUT2D eigenvalue weighted by Crippen LogP contribution is 2.33. The van der Waals surface area contributed by atoms with Gasteiger partial charge in [-0.3, -0.25) is 0 Å². The Bertz CT molecular complexity index is 645. The molecule has 4 nitrogen and oxygen atoms in total. The van der Waals surface area contributed by atoms with E-state index in [4.69, 9.17) is 11.5 Å². The molecule has 2 heterocycles. The number of anilines is 2. The van der Waals surface area contributed by atoms with Gasteiger partial charge in [-0.1, -0.05) is 6.07 Å². The van der Waals surface area contributed by atoms with Crippen LogP contribution in [0.5, 0.6) is 0 Å². The fourth-order valence-corrected chi connectivity index (χ4v) is 4.62. The molecule has 0 bridgehead atoms. The monoisotopic (exact) mass is 414 g/mol. The van der Waals surface area contributed by atoms with Crippen molar-refractivity contribution in [1.29, 1.82) is 0 Å². The van der Waals surface area contributed by atoms with Crippen LogP contribution in [0.25, 0.3) is 0 Å². The highest BCUT2D eigenvalue weighted by molar-refractivity contribution is 14.1. The summed E-state index contributed by atoms with van der Waals surface area (Å²) in [6.07, 6.45) is 3.08. The molecular formula is C15H19IN4S. The lowest BCUT2D eigenvalue weighted by molar-refractivity contribution is 0.480. The van der Waals surface area contributed by atoms with Crippen molar-refractivity contribution >= 4 is 44.7 Å². The van der Waals surface area contributed by atoms with E-state index in [-0.39, 0.29) is 0 Å². The largest absolute Gasteiger partial charge is 0.398 e. The predicted molar refractivity (Wildman–Crippen MR) is 97.6 cm³/mol. The second kappa shape index (κ2) is 6.10. The normalized spacial score (nSPS) is 17.7. The maximum Gasteiger partial charge on any atom is 0.180 e. The Hall–Kier alpha value is -0.860. The molecule has 0 saturated carbocycles. The van der Waals surface area contributed by atoms with Crippen LogP contribution in [-0.4, -0.2) is 11.5 Å². The lowest BCUT2D eigenvalue weighted by Gasteiger charge is -2.23. The first kappa shape index (κ1) is 15.1. The van der Waals surface area contributed by atoms with Gasteiger partial charge < -0.3 is 16.8 Å². The second-order valence-electron chi connectivity index (χ2n) is 5.47. The van der Waals surface area contributed by atoms with E-state index in [1.807, 2.05) is 0 Å². The van der Waals surface area contributed by atoms with E-state index < -0.39 is 0 Å². The molecule has 2 aromatic rings. The molecule has 1 aliphatic rings. The SMILES string of the molecule is Cc1cc(CCC2NCCc3nc(N)sc32)cc(I)c1N. The van der Waals surface area contributed by atoms with Gasteiger partial charge in [0.1, 0.15) is 0 Å². The molecule has 1 aromatic heterocycles. The van der Waals surface area contributed by atoms with E-state index in [9.17, 15) is 0 Å². The minimum atomic E-state index is 0.374. The number of hydrogen-bond acceptors (Lipinski definition) is 5. The van der Waals surface area contributed by atoms with E-state index in [1.165, 1.54) is 16.1 Å². The van der Waals surface area contributed by atoms with Gasteiger partial charge in [-0.05, 0) is 59.5 Å². The third kappa shape index (κ3) is 3.17. The van der Waals surface area contributed by atoms with Crippen LogP contribution in [0.1, 0.15) is 34.2 Å². The number of nitrogen functional groups attached to an aromatic ring is 2. The predicted octanol–water partition coefficient (Wildman–Crippen LogP) is 3.04. The number of aryl methyl sites for hydroxylation is 2. The van der Waals surface area contributed by atoms with Crippen LogP contribution in [-0.2, 0) is 12.8 Å². The van der Waals surface area contributed by atoms with Crippen molar-refractivity contribution in [3.63, 3.8) is 0 Å². The molecule has 1 unspecified atom stereocenters. The van der Waals surface area contributed by atoms with Crippen molar-refractivity contribution in [3.8, 4) is 0 Å². The number of nitrogens with one attached hydrogen (secondary N) is 1. The molecule has 1 aliphatic heterocycles. The minimum absolute atomic E-state index is 0.374. The number of rotatable bonds is 3. The lowest BCUT2D eigenvalue weighted by atomic mass is 9.99. The number of benzene rings is 1. The number of thiazole rings is 1. The van der Waals surface area contributed by atoms with Crippen LogP contribution >= 0.6 is 33.9 Å². The van der Waals surface area contributed by atoms with Crippen molar-refractivity contribution < 1.29 is 0 Å². The van der Waals surface area contributed by atoms with Gasteiger partial charge in [0.2, 0.25) is 0 Å². The van der Waals surface area contributed by atoms with Crippen LogP contribution in [0.2, 0.25) is 0 Å². The molecule has 0 fully saturated rings. The minimum Gasteiger partial charge on any atom is -0.398 e. The van der Waals surface area contributed by atoms with Gasteiger partial charge >= 0.3 is 0 Å². The van der Waals surface area contributed by atoms with E-state index >= 15 is 0 Å². The maximum atomic E-state index is 6.02. The number of nitrogens with zero attached hydrogens (tertiary/aromatic N) is 1. The summed E-state index contributed by atoms with van der Waals surface area (Å²) < 4.78 is 1.14. The molecule has 6 heteroatoms. The first-order valence-corrected chi connectivity index (χ1v) is 8.97. The summed E-state index contributed by atoms with van der Waals surface area (Å²) in [4.78, 5) is 5.75. The van der Waals surface area contributed by atoms with Crippen LogP contribution in [0.3, 0.4) is 0 Å². The fourth-order valence-electron chi connectivity index (χ4n) is 2.81. The van der Waals surface area contributed by atoms with Crippen LogP contribution in [0, 0.1) is 10.5 Å². The molecule has 112 valence electrons. The summed E-state index contributed by atoms with van der Waals surface area (Å²) in [6, 6.07) is 4.76. The highest BCUT2D eigenvalue weighted by Gasteiger charge is 2.23. The zero-order valence-corrected chi connectivity index (χ0v) is 14.9. The van der Waals surface area contributed by atoms with Crippen molar-refractivity contribution in [2.45, 2.75) is 32.2 Å². The summed E-state index contributed by atoms with van der Waals surface area (Å²) in [5.74, 6) is 0. The van der Waals surface area contributed by atoms with Gasteiger partial charge in [0.05, 0.1) is 5.69 Å². The number of nitrogens with two attached hydrogens (primary N) is 2. The Balaban J connectivity index is 1.74. The average molecular weight is 414 g/mol. The van der Waals surface area contributed by atoms with Crippen molar-refractivity contribution in [3.05, 3.63) is 37.4 Å². The van der Waals surface area contributed by atoms with Crippen LogP contribution in [0.4, 0.5) is 10.8 Å². The summed E-state index contributed by atoms with van der Waals surface area (Å²) in [6.45, 7) is 3.06. The molecule has 0 saturated heterocycles. The third-order valence-corrected chi connectivity index (χ3v) is 5.86. The Morgan fingerprint density at radius 3 is 3.00 bits per heavy atom. The molecule has 0 aliphatic carbocycles. The topological polar surface area (TPSA) is 77.0 Å². The molecule has 3 rings (SSSR count). The first-order valence-electron chi connectivity index (χ1n) is 7.07.